The standard InChI is InChI=1S/C27H25N5O/c28-18-21-6-8-22(9-7-21)19-30-14-3-15-31(17-16-30)27(33)23-10-12-24(13-11-23)32-20-29-25-4-1-2-5-26(25)32/h1-2,4-13,20H,3,14-17,19H2. The van der Waals surface area contributed by atoms with Gasteiger partial charge in [0.05, 0.1) is 22.7 Å². The molecule has 1 aliphatic heterocycles. The van der Waals surface area contributed by atoms with Crippen molar-refractivity contribution < 1.29 is 4.79 Å². The highest BCUT2D eigenvalue weighted by atomic mass is 16.2. The number of carbonyl (C=O) groups excluding carboxylic acids is 1. The first-order valence-corrected chi connectivity index (χ1v) is 11.2. The Balaban J connectivity index is 1.23. The molecule has 0 N–H and O–H groups in total. The molecule has 0 spiro atoms. The van der Waals surface area contributed by atoms with Crippen LogP contribution < -0.4 is 0 Å². The number of imidazole rings is 1. The number of rotatable bonds is 4. The number of aromatic nitrogens is 2. The van der Waals surface area contributed by atoms with Gasteiger partial charge in [0.2, 0.25) is 0 Å². The normalized spacial score (nSPS) is 14.7. The summed E-state index contributed by atoms with van der Waals surface area (Å²) in [6, 6.07) is 25.7. The van der Waals surface area contributed by atoms with Gasteiger partial charge in [0.15, 0.2) is 0 Å². The second kappa shape index (κ2) is 9.27. The Morgan fingerprint density at radius 1 is 0.909 bits per heavy atom. The lowest BCUT2D eigenvalue weighted by Gasteiger charge is -2.22. The summed E-state index contributed by atoms with van der Waals surface area (Å²) in [6.45, 7) is 4.10. The zero-order valence-corrected chi connectivity index (χ0v) is 18.4. The van der Waals surface area contributed by atoms with Crippen molar-refractivity contribution in [2.45, 2.75) is 13.0 Å². The lowest BCUT2D eigenvalue weighted by Crippen LogP contribution is -2.35. The van der Waals surface area contributed by atoms with Gasteiger partial charge in [-0.25, -0.2) is 4.98 Å². The molecule has 164 valence electrons. The summed E-state index contributed by atoms with van der Waals surface area (Å²) in [5.41, 5.74) is 5.57. The van der Waals surface area contributed by atoms with Gasteiger partial charge in [-0.15, -0.1) is 0 Å². The van der Waals surface area contributed by atoms with Crippen molar-refractivity contribution in [2.24, 2.45) is 0 Å². The molecular formula is C27H25N5O. The fraction of sp³-hybridized carbons (Fsp3) is 0.222. The van der Waals surface area contributed by atoms with Crippen molar-refractivity contribution in [1.29, 1.82) is 5.26 Å². The second-order valence-corrected chi connectivity index (χ2v) is 8.38. The van der Waals surface area contributed by atoms with Gasteiger partial charge in [-0.2, -0.15) is 5.26 Å². The maximum absolute atomic E-state index is 13.2. The van der Waals surface area contributed by atoms with Gasteiger partial charge in [-0.3, -0.25) is 14.3 Å². The van der Waals surface area contributed by atoms with Gasteiger partial charge in [0, 0.05) is 44.0 Å². The third kappa shape index (κ3) is 4.50. The Hall–Kier alpha value is -3.95. The van der Waals surface area contributed by atoms with Gasteiger partial charge >= 0.3 is 0 Å². The average Bonchev–Trinajstić information content (AvgIpc) is 3.16. The predicted molar refractivity (Wildman–Crippen MR) is 128 cm³/mol. The number of nitriles is 1. The molecule has 0 radical (unpaired) electrons. The molecular weight excluding hydrogens is 410 g/mol. The Bertz CT molecular complexity index is 1300. The number of fused-ring (bicyclic) bond motifs is 1. The number of hydrogen-bond donors (Lipinski definition) is 0. The summed E-state index contributed by atoms with van der Waals surface area (Å²) in [4.78, 5) is 21.9. The van der Waals surface area contributed by atoms with Crippen LogP contribution in [0.4, 0.5) is 0 Å². The number of hydrogen-bond acceptors (Lipinski definition) is 4. The topological polar surface area (TPSA) is 65.2 Å². The number of amides is 1. The van der Waals surface area contributed by atoms with E-state index in [9.17, 15) is 4.79 Å². The zero-order chi connectivity index (χ0) is 22.6. The molecule has 0 bridgehead atoms. The van der Waals surface area contributed by atoms with Gasteiger partial charge < -0.3 is 4.90 Å². The van der Waals surface area contributed by atoms with Crippen molar-refractivity contribution in [2.75, 3.05) is 26.2 Å². The third-order valence-corrected chi connectivity index (χ3v) is 6.21. The predicted octanol–water partition coefficient (Wildman–Crippen LogP) is 4.25. The van der Waals surface area contributed by atoms with Crippen LogP contribution in [0.25, 0.3) is 16.7 Å². The summed E-state index contributed by atoms with van der Waals surface area (Å²) < 4.78 is 2.04. The fourth-order valence-corrected chi connectivity index (χ4v) is 4.39. The number of carbonyl (C=O) groups is 1. The van der Waals surface area contributed by atoms with Gasteiger partial charge in [-0.1, -0.05) is 24.3 Å². The summed E-state index contributed by atoms with van der Waals surface area (Å²) in [6.07, 6.45) is 2.76. The van der Waals surface area contributed by atoms with Crippen LogP contribution in [0.15, 0.2) is 79.1 Å². The summed E-state index contributed by atoms with van der Waals surface area (Å²) in [5, 5.41) is 8.97. The molecule has 6 nitrogen and oxygen atoms in total. The Morgan fingerprint density at radius 3 is 2.48 bits per heavy atom. The number of para-hydroxylation sites is 2. The van der Waals surface area contributed by atoms with E-state index < -0.39 is 0 Å². The van der Waals surface area contributed by atoms with Crippen molar-refractivity contribution >= 4 is 16.9 Å². The van der Waals surface area contributed by atoms with Crippen molar-refractivity contribution in [1.82, 2.24) is 19.4 Å². The van der Waals surface area contributed by atoms with Crippen molar-refractivity contribution in [3.05, 3.63) is 95.8 Å². The van der Waals surface area contributed by atoms with Crippen LogP contribution in [0.1, 0.15) is 27.9 Å². The molecule has 0 atom stereocenters. The largest absolute Gasteiger partial charge is 0.337 e. The van der Waals surface area contributed by atoms with E-state index >= 15 is 0 Å². The van der Waals surface area contributed by atoms with Crippen LogP contribution in [-0.4, -0.2) is 51.4 Å². The van der Waals surface area contributed by atoms with Crippen molar-refractivity contribution in [3.63, 3.8) is 0 Å². The Kier molecular flexibility index (Phi) is 5.88. The Labute approximate surface area is 193 Å². The first-order valence-electron chi connectivity index (χ1n) is 11.2. The molecule has 1 aromatic heterocycles. The highest BCUT2D eigenvalue weighted by Crippen LogP contribution is 2.19. The smallest absolute Gasteiger partial charge is 0.253 e. The lowest BCUT2D eigenvalue weighted by atomic mass is 10.1. The van der Waals surface area contributed by atoms with E-state index in [1.54, 1.807) is 0 Å². The van der Waals surface area contributed by atoms with E-state index in [1.807, 2.05) is 88.6 Å². The summed E-state index contributed by atoms with van der Waals surface area (Å²) in [5.74, 6) is 0.0808. The lowest BCUT2D eigenvalue weighted by molar-refractivity contribution is 0.0761. The first kappa shape index (κ1) is 20.9. The number of benzene rings is 3. The number of nitrogens with zero attached hydrogens (tertiary/aromatic N) is 5. The summed E-state index contributed by atoms with van der Waals surface area (Å²) in [7, 11) is 0. The van der Waals surface area contributed by atoms with Crippen LogP contribution in [-0.2, 0) is 6.54 Å². The third-order valence-electron chi connectivity index (χ3n) is 6.21. The first-order chi connectivity index (χ1) is 16.2. The maximum Gasteiger partial charge on any atom is 0.253 e. The maximum atomic E-state index is 13.2. The monoisotopic (exact) mass is 435 g/mol. The molecule has 4 aromatic rings. The molecule has 1 aliphatic rings. The molecule has 33 heavy (non-hydrogen) atoms. The Morgan fingerprint density at radius 2 is 1.70 bits per heavy atom. The van der Waals surface area contributed by atoms with Gasteiger partial charge in [0.25, 0.3) is 5.91 Å². The minimum atomic E-state index is 0.0808. The van der Waals surface area contributed by atoms with E-state index in [4.69, 9.17) is 5.26 Å². The molecule has 0 aliphatic carbocycles. The molecule has 0 unspecified atom stereocenters. The molecule has 2 heterocycles. The van der Waals surface area contributed by atoms with Gasteiger partial charge in [0.1, 0.15) is 6.33 Å². The molecule has 1 saturated heterocycles. The summed E-state index contributed by atoms with van der Waals surface area (Å²) >= 11 is 0. The molecule has 0 saturated carbocycles. The average molecular weight is 436 g/mol. The quantitative estimate of drug-likeness (QED) is 0.481. The molecule has 5 rings (SSSR count). The van der Waals surface area contributed by atoms with E-state index in [0.717, 1.165) is 49.3 Å². The van der Waals surface area contributed by atoms with Crippen LogP contribution in [0, 0.1) is 11.3 Å². The highest BCUT2D eigenvalue weighted by molar-refractivity contribution is 5.94. The van der Waals surface area contributed by atoms with Gasteiger partial charge in [-0.05, 0) is 60.5 Å². The SMILES string of the molecule is N#Cc1ccc(CN2CCCN(C(=O)c3ccc(-n4cnc5ccccc54)cc3)CC2)cc1. The highest BCUT2D eigenvalue weighted by Gasteiger charge is 2.20. The van der Waals surface area contributed by atoms with E-state index in [-0.39, 0.29) is 5.91 Å². The second-order valence-electron chi connectivity index (χ2n) is 8.38. The zero-order valence-electron chi connectivity index (χ0n) is 18.4. The van der Waals surface area contributed by atoms with Crippen molar-refractivity contribution in [3.8, 4) is 11.8 Å². The van der Waals surface area contributed by atoms with Crippen LogP contribution in [0.5, 0.6) is 0 Å². The van der Waals surface area contributed by atoms with E-state index in [1.165, 1.54) is 5.56 Å². The van der Waals surface area contributed by atoms with E-state index in [2.05, 4.69) is 16.0 Å². The van der Waals surface area contributed by atoms with Crippen LogP contribution in [0.2, 0.25) is 0 Å². The van der Waals surface area contributed by atoms with Crippen LogP contribution in [0.3, 0.4) is 0 Å². The molecule has 6 heteroatoms. The minimum absolute atomic E-state index is 0.0808. The molecule has 1 fully saturated rings. The molecule has 3 aromatic carbocycles. The minimum Gasteiger partial charge on any atom is -0.337 e. The van der Waals surface area contributed by atoms with E-state index in [0.29, 0.717) is 17.7 Å². The van der Waals surface area contributed by atoms with Crippen LogP contribution >= 0.6 is 0 Å². The fourth-order valence-electron chi connectivity index (χ4n) is 4.39. The molecule has 1 amide bonds.